The normalized spacial score (nSPS) is 20.5. The minimum atomic E-state index is -1.34. The quantitative estimate of drug-likeness (QED) is 0.664. The summed E-state index contributed by atoms with van der Waals surface area (Å²) in [5.74, 6) is -3.92. The maximum atomic E-state index is 12.4. The van der Waals surface area contributed by atoms with Crippen LogP contribution in [0.3, 0.4) is 0 Å². The van der Waals surface area contributed by atoms with Gasteiger partial charge in [-0.1, -0.05) is 23.7 Å². The Morgan fingerprint density at radius 1 is 1.35 bits per heavy atom. The number of benzene rings is 1. The third-order valence-corrected chi connectivity index (χ3v) is 4.05. The van der Waals surface area contributed by atoms with Gasteiger partial charge in [-0.15, -0.1) is 0 Å². The molecule has 2 atom stereocenters. The summed E-state index contributed by atoms with van der Waals surface area (Å²) in [5.41, 5.74) is 0.445. The predicted molar refractivity (Wildman–Crippen MR) is 81.6 cm³/mol. The summed E-state index contributed by atoms with van der Waals surface area (Å²) in [5, 5.41) is 25.1. The van der Waals surface area contributed by atoms with Gasteiger partial charge in [-0.3, -0.25) is 14.9 Å². The molecule has 1 N–H and O–H groups in total. The predicted octanol–water partition coefficient (Wildman–Crippen LogP) is 1.74. The molecule has 1 aromatic rings. The van der Waals surface area contributed by atoms with E-state index < -0.39 is 28.6 Å². The van der Waals surface area contributed by atoms with Crippen LogP contribution in [-0.2, 0) is 9.59 Å². The monoisotopic (exact) mass is 337 g/mol. The van der Waals surface area contributed by atoms with E-state index >= 15 is 0 Å². The lowest BCUT2D eigenvalue weighted by atomic mass is 9.82. The van der Waals surface area contributed by atoms with E-state index in [1.807, 2.05) is 0 Å². The van der Waals surface area contributed by atoms with Crippen molar-refractivity contribution in [2.75, 3.05) is 5.32 Å². The molecule has 0 aliphatic heterocycles. The van der Waals surface area contributed by atoms with Crippen LogP contribution in [0.25, 0.3) is 0 Å². The molecule has 0 spiro atoms. The van der Waals surface area contributed by atoms with Crippen LogP contribution in [0.4, 0.5) is 11.4 Å². The molecule has 0 saturated heterocycles. The minimum absolute atomic E-state index is 0.0216. The molecule has 0 bridgehead atoms. The van der Waals surface area contributed by atoms with E-state index in [-0.39, 0.29) is 24.2 Å². The number of nitrogens with zero attached hydrogens (tertiary/aromatic N) is 1. The fourth-order valence-corrected chi connectivity index (χ4v) is 2.77. The topological polar surface area (TPSA) is 112 Å². The van der Waals surface area contributed by atoms with E-state index in [2.05, 4.69) is 5.32 Å². The van der Waals surface area contributed by atoms with Crippen molar-refractivity contribution in [3.8, 4) is 0 Å². The Labute approximate surface area is 137 Å². The largest absolute Gasteiger partial charge is 0.550 e. The van der Waals surface area contributed by atoms with E-state index in [4.69, 9.17) is 11.6 Å². The Morgan fingerprint density at radius 3 is 2.65 bits per heavy atom. The molecule has 1 amide bonds. The molecular weight excluding hydrogens is 324 g/mol. The van der Waals surface area contributed by atoms with Gasteiger partial charge in [0.15, 0.2) is 0 Å². The molecule has 8 heteroatoms. The van der Waals surface area contributed by atoms with Crippen molar-refractivity contribution in [1.82, 2.24) is 0 Å². The molecule has 1 aliphatic carbocycles. The van der Waals surface area contributed by atoms with Crippen LogP contribution in [0, 0.1) is 28.9 Å². The number of allylic oxidation sites excluding steroid dienone is 2. The van der Waals surface area contributed by atoms with E-state index in [9.17, 15) is 24.8 Å². The second-order valence-corrected chi connectivity index (χ2v) is 5.88. The van der Waals surface area contributed by atoms with Gasteiger partial charge in [-0.25, -0.2) is 0 Å². The summed E-state index contributed by atoms with van der Waals surface area (Å²) in [6.07, 6.45) is 1.70. The van der Waals surface area contributed by atoms with Crippen LogP contribution >= 0.6 is 11.6 Å². The molecule has 0 fully saturated rings. The molecule has 0 aromatic heterocycles. The number of carboxylic acids is 1. The summed E-state index contributed by atoms with van der Waals surface area (Å²) in [6, 6.07) is 4.37. The molecule has 2 rings (SSSR count). The second kappa shape index (κ2) is 6.78. The van der Waals surface area contributed by atoms with Gasteiger partial charge in [0.1, 0.15) is 5.69 Å². The minimum Gasteiger partial charge on any atom is -0.550 e. The summed E-state index contributed by atoms with van der Waals surface area (Å²) < 4.78 is 0. The highest BCUT2D eigenvalue weighted by Gasteiger charge is 2.33. The SMILES string of the molecule is Cc1ccc(NC(=O)[C@H]2CC(Cl)=CC[C@H]2C(=O)[O-])c([N+](=O)[O-])c1. The first-order valence-electron chi connectivity index (χ1n) is 6.91. The average molecular weight is 338 g/mol. The van der Waals surface area contributed by atoms with Gasteiger partial charge in [-0.05, 0) is 31.4 Å². The zero-order valence-electron chi connectivity index (χ0n) is 12.2. The van der Waals surface area contributed by atoms with Crippen LogP contribution in [0.5, 0.6) is 0 Å². The van der Waals surface area contributed by atoms with Gasteiger partial charge in [0.05, 0.1) is 10.8 Å². The molecule has 0 heterocycles. The first-order valence-corrected chi connectivity index (χ1v) is 7.28. The molecule has 23 heavy (non-hydrogen) atoms. The van der Waals surface area contributed by atoms with Gasteiger partial charge in [0, 0.05) is 23.0 Å². The number of carbonyl (C=O) groups is 2. The van der Waals surface area contributed by atoms with Crippen LogP contribution < -0.4 is 10.4 Å². The molecule has 1 aromatic carbocycles. The fraction of sp³-hybridized carbons (Fsp3) is 0.333. The van der Waals surface area contributed by atoms with E-state index in [0.29, 0.717) is 10.6 Å². The van der Waals surface area contributed by atoms with Crippen LogP contribution in [-0.4, -0.2) is 16.8 Å². The number of halogens is 1. The maximum absolute atomic E-state index is 12.4. The number of aryl methyl sites for hydroxylation is 1. The lowest BCUT2D eigenvalue weighted by molar-refractivity contribution is -0.384. The van der Waals surface area contributed by atoms with Crippen LogP contribution in [0.2, 0.25) is 0 Å². The first kappa shape index (κ1) is 17.0. The zero-order valence-corrected chi connectivity index (χ0v) is 13.0. The number of hydrogen-bond donors (Lipinski definition) is 1. The Morgan fingerprint density at radius 2 is 2.04 bits per heavy atom. The highest BCUT2D eigenvalue weighted by atomic mass is 35.5. The zero-order chi connectivity index (χ0) is 17.1. The van der Waals surface area contributed by atoms with Gasteiger partial charge in [0.25, 0.3) is 5.69 Å². The number of carbonyl (C=O) groups excluding carboxylic acids is 2. The lowest BCUT2D eigenvalue weighted by Gasteiger charge is -2.29. The van der Waals surface area contributed by atoms with Crippen molar-refractivity contribution in [3.05, 3.63) is 45.0 Å². The second-order valence-electron chi connectivity index (χ2n) is 5.39. The van der Waals surface area contributed by atoms with E-state index in [1.165, 1.54) is 12.1 Å². The highest BCUT2D eigenvalue weighted by molar-refractivity contribution is 6.29. The number of amides is 1. The number of rotatable bonds is 4. The molecule has 7 nitrogen and oxygen atoms in total. The molecule has 0 unspecified atom stereocenters. The van der Waals surface area contributed by atoms with Crippen molar-refractivity contribution in [3.63, 3.8) is 0 Å². The Hall–Kier alpha value is -2.41. The maximum Gasteiger partial charge on any atom is 0.293 e. The first-order chi connectivity index (χ1) is 10.8. The number of carboxylic acid groups (broad SMARTS) is 1. The Bertz CT molecular complexity index is 701. The summed E-state index contributed by atoms with van der Waals surface area (Å²) >= 11 is 5.89. The van der Waals surface area contributed by atoms with E-state index in [0.717, 1.165) is 0 Å². The lowest BCUT2D eigenvalue weighted by Crippen LogP contribution is -2.42. The van der Waals surface area contributed by atoms with Crippen molar-refractivity contribution in [2.24, 2.45) is 11.8 Å². The van der Waals surface area contributed by atoms with Gasteiger partial charge in [-0.2, -0.15) is 0 Å². The molecule has 0 saturated carbocycles. The summed E-state index contributed by atoms with van der Waals surface area (Å²) in [4.78, 5) is 34.0. The highest BCUT2D eigenvalue weighted by Crippen LogP contribution is 2.33. The third kappa shape index (κ3) is 3.87. The Kier molecular flexibility index (Phi) is 5.00. The number of nitrogens with one attached hydrogen (secondary N) is 1. The molecule has 122 valence electrons. The number of aliphatic carboxylic acids is 1. The number of nitro benzene ring substituents is 1. The van der Waals surface area contributed by atoms with Crippen molar-refractivity contribution in [1.29, 1.82) is 0 Å². The molecule has 0 radical (unpaired) electrons. The van der Waals surface area contributed by atoms with Crippen LogP contribution in [0.1, 0.15) is 18.4 Å². The number of anilines is 1. The van der Waals surface area contributed by atoms with Crippen molar-refractivity contribution in [2.45, 2.75) is 19.8 Å². The van der Waals surface area contributed by atoms with Crippen molar-refractivity contribution < 1.29 is 19.6 Å². The Balaban J connectivity index is 2.26. The third-order valence-electron chi connectivity index (χ3n) is 3.74. The molecule has 1 aliphatic rings. The molecular formula is C15H14ClN2O5-. The van der Waals surface area contributed by atoms with Gasteiger partial charge < -0.3 is 15.2 Å². The van der Waals surface area contributed by atoms with E-state index in [1.54, 1.807) is 19.1 Å². The smallest absolute Gasteiger partial charge is 0.293 e. The van der Waals surface area contributed by atoms with Gasteiger partial charge in [0.2, 0.25) is 5.91 Å². The van der Waals surface area contributed by atoms with Gasteiger partial charge >= 0.3 is 0 Å². The standard InChI is InChI=1S/C15H15ClN2O5/c1-8-2-5-12(13(6-8)18(22)23)17-14(19)11-7-9(16)3-4-10(11)15(20)21/h2-3,5-6,10-11H,4,7H2,1H3,(H,17,19)(H,20,21)/p-1/t10-,11+/m1/s1. The summed E-state index contributed by atoms with van der Waals surface area (Å²) in [6.45, 7) is 1.69. The number of nitro groups is 1. The fourth-order valence-electron chi connectivity index (χ4n) is 2.51. The number of hydrogen-bond acceptors (Lipinski definition) is 5. The average Bonchev–Trinajstić information content (AvgIpc) is 2.48. The van der Waals surface area contributed by atoms with Crippen molar-refractivity contribution >= 4 is 34.9 Å². The summed E-state index contributed by atoms with van der Waals surface area (Å²) in [7, 11) is 0. The van der Waals surface area contributed by atoms with Crippen LogP contribution in [0.15, 0.2) is 29.3 Å².